The lowest BCUT2D eigenvalue weighted by atomic mass is 10.2. The van der Waals surface area contributed by atoms with Crippen LogP contribution in [0.15, 0.2) is 30.3 Å². The summed E-state index contributed by atoms with van der Waals surface area (Å²) < 4.78 is 21.1. The second-order valence-electron chi connectivity index (χ2n) is 3.45. The Balaban J connectivity index is 2.20. The quantitative estimate of drug-likeness (QED) is 0.556. The van der Waals surface area contributed by atoms with Crippen molar-refractivity contribution in [3.05, 3.63) is 35.9 Å². The van der Waals surface area contributed by atoms with E-state index < -0.39 is 8.03 Å². The van der Waals surface area contributed by atoms with E-state index in [1.165, 1.54) is 0 Å². The molecule has 0 amide bonds. The Labute approximate surface area is 102 Å². The first-order chi connectivity index (χ1) is 8.22. The molecule has 5 heteroatoms. The van der Waals surface area contributed by atoms with Crippen LogP contribution in [0.1, 0.15) is 18.9 Å². The molecule has 0 N–H and O–H groups in total. The van der Waals surface area contributed by atoms with Gasteiger partial charge in [-0.1, -0.05) is 30.3 Å². The van der Waals surface area contributed by atoms with Gasteiger partial charge in [0, 0.05) is 6.16 Å². The molecule has 0 heterocycles. The topological polar surface area (TPSA) is 52.6 Å². The number of ether oxygens (including phenoxy) is 1. The fraction of sp³-hybridized carbons (Fsp3) is 0.417. The Kier molecular flexibility index (Phi) is 6.60. The highest BCUT2D eigenvalue weighted by atomic mass is 31.1. The van der Waals surface area contributed by atoms with Gasteiger partial charge in [0.15, 0.2) is 8.03 Å². The van der Waals surface area contributed by atoms with Crippen molar-refractivity contribution in [2.24, 2.45) is 0 Å². The Bertz CT molecular complexity index is 364. The molecule has 0 saturated heterocycles. The van der Waals surface area contributed by atoms with Gasteiger partial charge in [0.2, 0.25) is 0 Å². The third-order valence-corrected chi connectivity index (χ3v) is 3.35. The van der Waals surface area contributed by atoms with Crippen LogP contribution in [-0.4, -0.2) is 18.7 Å². The van der Waals surface area contributed by atoms with Crippen LogP contribution in [0.3, 0.4) is 0 Å². The molecule has 0 spiro atoms. The van der Waals surface area contributed by atoms with Gasteiger partial charge in [-0.25, -0.2) is 0 Å². The molecule has 17 heavy (non-hydrogen) atoms. The van der Waals surface area contributed by atoms with E-state index in [1.54, 1.807) is 6.92 Å². The highest BCUT2D eigenvalue weighted by Gasteiger charge is 2.06. The summed E-state index contributed by atoms with van der Waals surface area (Å²) in [6.07, 6.45) is 0.400. The SMILES string of the molecule is CCO[PH](=O)CCC(=O)OCc1ccccc1. The van der Waals surface area contributed by atoms with Crippen molar-refractivity contribution in [1.29, 1.82) is 0 Å². The Morgan fingerprint density at radius 2 is 2.00 bits per heavy atom. The molecule has 0 aromatic heterocycles. The lowest BCUT2D eigenvalue weighted by Gasteiger charge is -2.05. The fourth-order valence-corrected chi connectivity index (χ4v) is 2.12. The van der Waals surface area contributed by atoms with Gasteiger partial charge in [0.1, 0.15) is 6.61 Å². The maximum Gasteiger partial charge on any atom is 0.306 e. The summed E-state index contributed by atoms with van der Waals surface area (Å²) in [5.41, 5.74) is 0.943. The van der Waals surface area contributed by atoms with Crippen LogP contribution < -0.4 is 0 Å². The molecule has 94 valence electrons. The molecule has 0 saturated carbocycles. The van der Waals surface area contributed by atoms with Crippen molar-refractivity contribution in [2.75, 3.05) is 12.8 Å². The summed E-state index contributed by atoms with van der Waals surface area (Å²) in [5.74, 6) is -0.341. The molecule has 0 aliphatic heterocycles. The largest absolute Gasteiger partial charge is 0.461 e. The smallest absolute Gasteiger partial charge is 0.306 e. The standard InChI is InChI=1S/C12H17O4P/c1-2-16-17(14)9-8-12(13)15-10-11-6-4-3-5-7-11/h3-7,17H,2,8-10H2,1H3. The third kappa shape index (κ3) is 6.25. The number of hydrogen-bond donors (Lipinski definition) is 0. The fourth-order valence-electron chi connectivity index (χ4n) is 1.25. The number of esters is 1. The van der Waals surface area contributed by atoms with E-state index in [9.17, 15) is 9.36 Å². The molecule has 1 aromatic rings. The molecule has 0 radical (unpaired) electrons. The lowest BCUT2D eigenvalue weighted by molar-refractivity contribution is -0.144. The first-order valence-corrected chi connectivity index (χ1v) is 7.10. The number of benzene rings is 1. The molecule has 1 unspecified atom stereocenters. The van der Waals surface area contributed by atoms with E-state index in [1.807, 2.05) is 30.3 Å². The summed E-state index contributed by atoms with van der Waals surface area (Å²) in [5, 5.41) is 0. The molecular weight excluding hydrogens is 239 g/mol. The van der Waals surface area contributed by atoms with Gasteiger partial charge >= 0.3 is 5.97 Å². The van der Waals surface area contributed by atoms with Crippen LogP contribution in [0.5, 0.6) is 0 Å². The summed E-state index contributed by atoms with van der Waals surface area (Å²) in [4.78, 5) is 11.3. The molecule has 1 aromatic carbocycles. The van der Waals surface area contributed by atoms with Crippen LogP contribution in [0, 0.1) is 0 Å². The average molecular weight is 256 g/mol. The molecule has 0 bridgehead atoms. The van der Waals surface area contributed by atoms with Gasteiger partial charge in [-0.05, 0) is 12.5 Å². The van der Waals surface area contributed by atoms with Gasteiger partial charge in [0.05, 0.1) is 13.0 Å². The normalized spacial score (nSPS) is 12.1. The minimum atomic E-state index is -2.07. The zero-order valence-electron chi connectivity index (χ0n) is 9.85. The van der Waals surface area contributed by atoms with Crippen LogP contribution in [0.25, 0.3) is 0 Å². The minimum absolute atomic E-state index is 0.143. The number of carbonyl (C=O) groups excluding carboxylic acids is 1. The summed E-state index contributed by atoms with van der Waals surface area (Å²) in [6.45, 7) is 2.45. The van der Waals surface area contributed by atoms with Gasteiger partial charge in [-0.2, -0.15) is 0 Å². The van der Waals surface area contributed by atoms with Gasteiger partial charge in [0.25, 0.3) is 0 Å². The second kappa shape index (κ2) is 8.04. The molecule has 1 rings (SSSR count). The van der Waals surface area contributed by atoms with Gasteiger partial charge in [-0.3, -0.25) is 9.36 Å². The first kappa shape index (κ1) is 13.9. The highest BCUT2D eigenvalue weighted by Crippen LogP contribution is 2.22. The third-order valence-electron chi connectivity index (χ3n) is 2.08. The molecule has 0 fully saturated rings. The van der Waals surface area contributed by atoms with Gasteiger partial charge in [-0.15, -0.1) is 0 Å². The van der Waals surface area contributed by atoms with E-state index in [0.29, 0.717) is 6.61 Å². The maximum atomic E-state index is 11.3. The van der Waals surface area contributed by atoms with Crippen LogP contribution in [0.4, 0.5) is 0 Å². The summed E-state index contributed by atoms with van der Waals surface area (Å²) in [6, 6.07) is 9.44. The van der Waals surface area contributed by atoms with Crippen LogP contribution >= 0.6 is 8.03 Å². The Morgan fingerprint density at radius 3 is 2.65 bits per heavy atom. The molecule has 0 aliphatic rings. The van der Waals surface area contributed by atoms with Crippen molar-refractivity contribution in [2.45, 2.75) is 20.0 Å². The van der Waals surface area contributed by atoms with Crippen molar-refractivity contribution >= 4 is 14.0 Å². The summed E-state index contributed by atoms with van der Waals surface area (Å²) >= 11 is 0. The Morgan fingerprint density at radius 1 is 1.29 bits per heavy atom. The number of rotatable bonds is 7. The maximum absolute atomic E-state index is 11.3. The van der Waals surface area contributed by atoms with Crippen molar-refractivity contribution in [3.63, 3.8) is 0 Å². The molecule has 4 nitrogen and oxygen atoms in total. The first-order valence-electron chi connectivity index (χ1n) is 5.57. The molecular formula is C12H17O4P. The van der Waals surface area contributed by atoms with Gasteiger partial charge < -0.3 is 9.26 Å². The molecule has 0 aliphatic carbocycles. The minimum Gasteiger partial charge on any atom is -0.461 e. The highest BCUT2D eigenvalue weighted by molar-refractivity contribution is 7.39. The Hall–Kier alpha value is -1.12. The number of hydrogen-bond acceptors (Lipinski definition) is 4. The van der Waals surface area contributed by atoms with E-state index >= 15 is 0 Å². The van der Waals surface area contributed by atoms with Crippen LogP contribution in [-0.2, 0) is 25.2 Å². The zero-order chi connectivity index (χ0) is 12.5. The van der Waals surface area contributed by atoms with Crippen molar-refractivity contribution in [1.82, 2.24) is 0 Å². The molecule has 1 atom stereocenters. The predicted molar refractivity (Wildman–Crippen MR) is 66.3 cm³/mol. The average Bonchev–Trinajstić information content (AvgIpc) is 2.35. The lowest BCUT2D eigenvalue weighted by Crippen LogP contribution is -2.05. The predicted octanol–water partition coefficient (Wildman–Crippen LogP) is 2.63. The van der Waals surface area contributed by atoms with Crippen LogP contribution in [0.2, 0.25) is 0 Å². The van der Waals surface area contributed by atoms with E-state index in [0.717, 1.165) is 5.56 Å². The van der Waals surface area contributed by atoms with E-state index in [-0.39, 0.29) is 25.2 Å². The van der Waals surface area contributed by atoms with Crippen molar-refractivity contribution < 1.29 is 18.6 Å². The van der Waals surface area contributed by atoms with E-state index in [2.05, 4.69) is 0 Å². The summed E-state index contributed by atoms with van der Waals surface area (Å²) in [7, 11) is -2.07. The monoisotopic (exact) mass is 256 g/mol. The second-order valence-corrected chi connectivity index (χ2v) is 4.98. The number of carbonyl (C=O) groups is 1. The zero-order valence-corrected chi connectivity index (χ0v) is 10.8. The van der Waals surface area contributed by atoms with Crippen molar-refractivity contribution in [3.8, 4) is 0 Å². The van der Waals surface area contributed by atoms with E-state index in [4.69, 9.17) is 9.26 Å².